The van der Waals surface area contributed by atoms with Crippen molar-refractivity contribution in [3.05, 3.63) is 82.9 Å². The van der Waals surface area contributed by atoms with E-state index in [1.54, 1.807) is 60.8 Å². The van der Waals surface area contributed by atoms with Gasteiger partial charge in [-0.25, -0.2) is 4.79 Å². The van der Waals surface area contributed by atoms with Crippen LogP contribution in [-0.4, -0.2) is 42.0 Å². The smallest absolute Gasteiger partial charge is 0.335 e. The number of nitrogens with two attached hydrogens (primary N) is 1. The Morgan fingerprint density at radius 2 is 1.97 bits per heavy atom. The van der Waals surface area contributed by atoms with Crippen LogP contribution in [0.15, 0.2) is 60.7 Å². The van der Waals surface area contributed by atoms with Gasteiger partial charge >= 0.3 is 11.9 Å². The van der Waals surface area contributed by atoms with Crippen LogP contribution >= 0.6 is 0 Å². The van der Waals surface area contributed by atoms with Gasteiger partial charge in [0.2, 0.25) is 0 Å². The number of benzene rings is 3. The number of hydrogen-bond donors (Lipinski definition) is 4. The van der Waals surface area contributed by atoms with Gasteiger partial charge in [0.1, 0.15) is 29.0 Å². The highest BCUT2D eigenvalue weighted by Gasteiger charge is 2.35. The third kappa shape index (κ3) is 6.75. The van der Waals surface area contributed by atoms with Crippen LogP contribution in [-0.2, 0) is 16.1 Å². The lowest BCUT2D eigenvalue weighted by Crippen LogP contribution is -2.71. The van der Waals surface area contributed by atoms with Crippen LogP contribution in [0.4, 0.5) is 20.2 Å². The standard InChI is InChI=1S/C28H27F2N3O6/c1-16(32-27(36)28(2,29)30)25(17-6-7-19-14-37-15-38-24(19)12-17)39-22-8-9-23(20(11-22)13-31)33-21-5-3-4-18(10-21)26(34)35/h3-13,16,25,31,33H,14-15H2,1-2H3,(H,32,36)(H,34,35)/p+1. The molecule has 9 nitrogen and oxygen atoms in total. The number of carbonyl (C=O) groups is 2. The average Bonchev–Trinajstić information content (AvgIpc) is 2.91. The third-order valence-electron chi connectivity index (χ3n) is 6.12. The number of amides is 1. The maximum absolute atomic E-state index is 13.6. The molecule has 39 heavy (non-hydrogen) atoms. The minimum absolute atomic E-state index is 0.0757. The van der Waals surface area contributed by atoms with Gasteiger partial charge in [-0.2, -0.15) is 8.78 Å². The molecule has 3 aromatic carbocycles. The number of fused-ring (bicyclic) bond motifs is 1. The Kier molecular flexibility index (Phi) is 8.22. The summed E-state index contributed by atoms with van der Waals surface area (Å²) < 4.78 is 44.3. The second-order valence-electron chi connectivity index (χ2n) is 9.18. The molecule has 4 rings (SSSR count). The molecule has 204 valence electrons. The van der Waals surface area contributed by atoms with Gasteiger partial charge in [0.05, 0.1) is 23.8 Å². The van der Waals surface area contributed by atoms with E-state index < -0.39 is 29.9 Å². The van der Waals surface area contributed by atoms with Crippen LogP contribution in [0.2, 0.25) is 0 Å². The number of halogens is 2. The first kappa shape index (κ1) is 27.7. The number of carboxylic acids is 1. The van der Waals surface area contributed by atoms with Crippen LogP contribution in [0.25, 0.3) is 0 Å². The Balaban J connectivity index is 1.63. The summed E-state index contributed by atoms with van der Waals surface area (Å²) in [6.45, 7) is 2.53. The van der Waals surface area contributed by atoms with Crippen molar-refractivity contribution in [2.24, 2.45) is 0 Å². The second kappa shape index (κ2) is 11.6. The average molecular weight is 541 g/mol. The highest BCUT2D eigenvalue weighted by atomic mass is 19.3. The molecule has 0 bridgehead atoms. The molecule has 0 aromatic heterocycles. The first-order valence-electron chi connectivity index (χ1n) is 12.1. The largest absolute Gasteiger partial charge is 0.484 e. The van der Waals surface area contributed by atoms with Crippen LogP contribution in [0.3, 0.4) is 0 Å². The Morgan fingerprint density at radius 3 is 2.69 bits per heavy atom. The predicted octanol–water partition coefficient (Wildman–Crippen LogP) is 4.06. The molecule has 1 aliphatic heterocycles. The number of aromatic carboxylic acids is 1. The summed E-state index contributed by atoms with van der Waals surface area (Å²) in [5, 5.41) is 21.2. The van der Waals surface area contributed by atoms with Crippen LogP contribution in [0.5, 0.6) is 11.5 Å². The van der Waals surface area contributed by atoms with Crippen molar-refractivity contribution in [1.29, 1.82) is 5.41 Å². The Bertz CT molecular complexity index is 1390. The molecule has 11 heteroatoms. The van der Waals surface area contributed by atoms with Crippen molar-refractivity contribution in [3.63, 3.8) is 0 Å². The minimum Gasteiger partial charge on any atom is -0.484 e. The zero-order chi connectivity index (χ0) is 28.2. The molecule has 3 aromatic rings. The second-order valence-corrected chi connectivity index (χ2v) is 9.18. The fraction of sp³-hybridized carbons (Fsp3) is 0.250. The van der Waals surface area contributed by atoms with Crippen LogP contribution < -0.4 is 20.1 Å². The molecule has 0 saturated heterocycles. The van der Waals surface area contributed by atoms with Crippen LogP contribution in [0.1, 0.15) is 47.0 Å². The van der Waals surface area contributed by atoms with Crippen LogP contribution in [0, 0.1) is 5.41 Å². The molecule has 1 heterocycles. The Hall–Kier alpha value is -4.35. The number of nitrogens with one attached hydrogen (secondary N) is 2. The first-order chi connectivity index (χ1) is 18.5. The molecular formula is C28H28F2N3O6+. The van der Waals surface area contributed by atoms with E-state index in [2.05, 4.69) is 5.32 Å². The fourth-order valence-corrected chi connectivity index (χ4v) is 4.10. The van der Waals surface area contributed by atoms with Crippen molar-refractivity contribution in [2.45, 2.75) is 38.5 Å². The van der Waals surface area contributed by atoms with E-state index in [9.17, 15) is 23.5 Å². The Labute approximate surface area is 223 Å². The number of alkyl halides is 2. The molecule has 0 fully saturated rings. The number of carboxylic acid groups (broad SMARTS) is 1. The predicted molar refractivity (Wildman–Crippen MR) is 137 cm³/mol. The molecule has 5 N–H and O–H groups in total. The highest BCUT2D eigenvalue weighted by molar-refractivity contribution is 5.88. The Morgan fingerprint density at radius 1 is 1.18 bits per heavy atom. The number of rotatable bonds is 10. The lowest BCUT2D eigenvalue weighted by atomic mass is 10.00. The molecule has 0 saturated carbocycles. The molecule has 1 amide bonds. The summed E-state index contributed by atoms with van der Waals surface area (Å²) in [5.41, 5.74) is 3.30. The van der Waals surface area contributed by atoms with Crippen molar-refractivity contribution in [1.82, 2.24) is 5.32 Å². The van der Waals surface area contributed by atoms with Gasteiger partial charge < -0.3 is 30.0 Å². The number of ether oxygens (including phenoxy) is 3. The number of carbonyl (C=O) groups excluding carboxylic acids is 1. The van der Waals surface area contributed by atoms with E-state index >= 15 is 0 Å². The van der Waals surface area contributed by atoms with Crippen molar-refractivity contribution in [2.75, 3.05) is 6.79 Å². The number of hydrogen-bond acceptors (Lipinski definition) is 6. The molecule has 1 aliphatic rings. The van der Waals surface area contributed by atoms with E-state index in [1.165, 1.54) is 12.1 Å². The summed E-state index contributed by atoms with van der Waals surface area (Å²) in [6.07, 6.45) is 0.248. The fourth-order valence-electron chi connectivity index (χ4n) is 4.10. The summed E-state index contributed by atoms with van der Waals surface area (Å²) in [4.78, 5) is 23.4. The van der Waals surface area contributed by atoms with Gasteiger partial charge in [-0.15, -0.1) is 0 Å². The van der Waals surface area contributed by atoms with E-state index in [4.69, 9.17) is 19.6 Å². The lowest BCUT2D eigenvalue weighted by Gasteiger charge is -2.28. The summed E-state index contributed by atoms with van der Waals surface area (Å²) in [5.74, 6) is -5.14. The van der Waals surface area contributed by atoms with Gasteiger partial charge in [-0.1, -0.05) is 18.2 Å². The normalized spacial score (nSPS) is 14.4. The quantitative estimate of drug-likeness (QED) is 0.226. The minimum atomic E-state index is -3.57. The SMILES string of the molecule is CC(NC(=O)C(C)(F)F)C(Oc1ccc([NH2+]c2cccc(C(=O)O)c2)c(C=N)c1)c1ccc2c(c1)OCOC2. The van der Waals surface area contributed by atoms with Gasteiger partial charge in [-0.05, 0) is 42.8 Å². The summed E-state index contributed by atoms with van der Waals surface area (Å²) >= 11 is 0. The van der Waals surface area contributed by atoms with E-state index in [0.29, 0.717) is 47.5 Å². The third-order valence-corrected chi connectivity index (χ3v) is 6.12. The lowest BCUT2D eigenvalue weighted by molar-refractivity contribution is -0.478. The molecule has 0 aliphatic carbocycles. The van der Waals surface area contributed by atoms with E-state index in [0.717, 1.165) is 11.8 Å². The van der Waals surface area contributed by atoms with Gasteiger partial charge in [0.15, 0.2) is 6.79 Å². The zero-order valence-electron chi connectivity index (χ0n) is 21.2. The first-order valence-corrected chi connectivity index (χ1v) is 12.1. The number of quaternary nitrogens is 1. The molecule has 0 spiro atoms. The molecular weight excluding hydrogens is 512 g/mol. The van der Waals surface area contributed by atoms with Gasteiger partial charge in [0, 0.05) is 30.8 Å². The van der Waals surface area contributed by atoms with Crippen molar-refractivity contribution >= 4 is 29.5 Å². The van der Waals surface area contributed by atoms with Crippen molar-refractivity contribution in [3.8, 4) is 11.5 Å². The van der Waals surface area contributed by atoms with Gasteiger partial charge in [0.25, 0.3) is 5.91 Å². The molecule has 2 atom stereocenters. The van der Waals surface area contributed by atoms with Crippen molar-refractivity contribution < 1.29 is 43.0 Å². The van der Waals surface area contributed by atoms with Gasteiger partial charge in [-0.3, -0.25) is 10.1 Å². The molecule has 2 unspecified atom stereocenters. The van der Waals surface area contributed by atoms with E-state index in [-0.39, 0.29) is 12.4 Å². The monoisotopic (exact) mass is 540 g/mol. The zero-order valence-corrected chi connectivity index (χ0v) is 21.2. The highest BCUT2D eigenvalue weighted by Crippen LogP contribution is 2.32. The summed E-state index contributed by atoms with van der Waals surface area (Å²) in [7, 11) is 0. The topological polar surface area (TPSA) is 135 Å². The van der Waals surface area contributed by atoms with E-state index in [1.807, 2.05) is 0 Å². The maximum Gasteiger partial charge on any atom is 0.335 e. The summed E-state index contributed by atoms with van der Waals surface area (Å²) in [6, 6.07) is 15.8. The molecule has 0 radical (unpaired) electrons. The maximum atomic E-state index is 13.6.